The fourth-order valence-electron chi connectivity index (χ4n) is 3.11. The Hall–Kier alpha value is -1.50. The molecule has 1 unspecified atom stereocenters. The van der Waals surface area contributed by atoms with Crippen LogP contribution in [-0.4, -0.2) is 72.8 Å². The van der Waals surface area contributed by atoms with Crippen LogP contribution in [-0.2, 0) is 20.8 Å². The lowest BCUT2D eigenvalue weighted by atomic mass is 10.0. The van der Waals surface area contributed by atoms with Crippen LogP contribution in [0.4, 0.5) is 0 Å². The van der Waals surface area contributed by atoms with Crippen LogP contribution in [0.3, 0.4) is 0 Å². The summed E-state index contributed by atoms with van der Waals surface area (Å²) in [5.41, 5.74) is 1.65. The van der Waals surface area contributed by atoms with Gasteiger partial charge in [0.1, 0.15) is 12.2 Å². The zero-order valence-corrected chi connectivity index (χ0v) is 13.2. The van der Waals surface area contributed by atoms with Crippen molar-refractivity contribution >= 4 is 5.91 Å². The first-order valence-corrected chi connectivity index (χ1v) is 7.67. The van der Waals surface area contributed by atoms with Crippen LogP contribution < -0.4 is 0 Å². The van der Waals surface area contributed by atoms with Crippen LogP contribution in [0.25, 0.3) is 0 Å². The fourth-order valence-corrected chi connectivity index (χ4v) is 3.11. The lowest BCUT2D eigenvalue weighted by molar-refractivity contribution is -0.170. The lowest BCUT2D eigenvalue weighted by Crippen LogP contribution is -2.59. The fraction of sp³-hybridized carbons (Fsp3) is 0.625. The Morgan fingerprint density at radius 1 is 1.36 bits per heavy atom. The average Bonchev–Trinajstić information content (AvgIpc) is 2.66. The van der Waals surface area contributed by atoms with Gasteiger partial charge in [0, 0.05) is 32.4 Å². The standard InChI is InChI=1S/C16H23N3O3/c1-13-4-3-5-14(17-13)8-19-6-7-21-12-16(11-19)10-18(2)15(20)9-22-16/h3-5H,6-12H2,1-2H3. The van der Waals surface area contributed by atoms with Gasteiger partial charge in [-0.2, -0.15) is 0 Å². The van der Waals surface area contributed by atoms with Crippen molar-refractivity contribution in [2.24, 2.45) is 0 Å². The third kappa shape index (κ3) is 3.45. The minimum Gasteiger partial charge on any atom is -0.377 e. The Kier molecular flexibility index (Phi) is 4.42. The van der Waals surface area contributed by atoms with E-state index in [1.165, 1.54) is 0 Å². The van der Waals surface area contributed by atoms with Crippen molar-refractivity contribution in [3.05, 3.63) is 29.6 Å². The number of aromatic nitrogens is 1. The topological polar surface area (TPSA) is 54.9 Å². The van der Waals surface area contributed by atoms with E-state index in [2.05, 4.69) is 9.88 Å². The molecule has 0 bridgehead atoms. The Morgan fingerprint density at radius 2 is 2.23 bits per heavy atom. The SMILES string of the molecule is Cc1cccc(CN2CCOCC3(C2)CN(C)C(=O)CO3)n1. The second kappa shape index (κ2) is 6.32. The van der Waals surface area contributed by atoms with E-state index in [4.69, 9.17) is 9.47 Å². The molecule has 2 saturated heterocycles. The number of hydrogen-bond donors (Lipinski definition) is 0. The minimum absolute atomic E-state index is 0.0294. The summed E-state index contributed by atoms with van der Waals surface area (Å²) in [7, 11) is 1.82. The van der Waals surface area contributed by atoms with Crippen LogP contribution in [0, 0.1) is 6.92 Å². The van der Waals surface area contributed by atoms with Gasteiger partial charge in [-0.1, -0.05) is 6.07 Å². The van der Waals surface area contributed by atoms with Gasteiger partial charge in [-0.05, 0) is 19.1 Å². The van der Waals surface area contributed by atoms with Crippen LogP contribution >= 0.6 is 0 Å². The van der Waals surface area contributed by atoms with E-state index in [-0.39, 0.29) is 12.5 Å². The van der Waals surface area contributed by atoms with Crippen molar-refractivity contribution in [2.75, 3.05) is 46.5 Å². The Labute approximate surface area is 131 Å². The highest BCUT2D eigenvalue weighted by atomic mass is 16.6. The van der Waals surface area contributed by atoms with Crippen molar-refractivity contribution < 1.29 is 14.3 Å². The molecule has 22 heavy (non-hydrogen) atoms. The molecule has 0 aliphatic carbocycles. The van der Waals surface area contributed by atoms with Gasteiger partial charge in [-0.3, -0.25) is 14.7 Å². The zero-order chi connectivity index (χ0) is 15.6. The first-order chi connectivity index (χ1) is 10.6. The molecular weight excluding hydrogens is 282 g/mol. The third-order valence-corrected chi connectivity index (χ3v) is 4.21. The van der Waals surface area contributed by atoms with Crippen LogP contribution in [0.15, 0.2) is 18.2 Å². The molecule has 1 aromatic rings. The molecule has 0 saturated carbocycles. The Bertz CT molecular complexity index is 551. The molecule has 1 atom stereocenters. The quantitative estimate of drug-likeness (QED) is 0.794. The maximum absolute atomic E-state index is 11.7. The summed E-state index contributed by atoms with van der Waals surface area (Å²) in [6.07, 6.45) is 0. The van der Waals surface area contributed by atoms with Gasteiger partial charge in [0.2, 0.25) is 5.91 Å². The molecule has 2 fully saturated rings. The highest BCUT2D eigenvalue weighted by Crippen LogP contribution is 2.23. The molecule has 120 valence electrons. The van der Waals surface area contributed by atoms with Gasteiger partial charge in [0.05, 0.1) is 25.5 Å². The van der Waals surface area contributed by atoms with Crippen LogP contribution in [0.2, 0.25) is 0 Å². The average molecular weight is 305 g/mol. The summed E-state index contributed by atoms with van der Waals surface area (Å²) in [4.78, 5) is 20.3. The number of carbonyl (C=O) groups excluding carboxylic acids is 1. The smallest absolute Gasteiger partial charge is 0.248 e. The van der Waals surface area contributed by atoms with Crippen molar-refractivity contribution in [3.8, 4) is 0 Å². The Morgan fingerprint density at radius 3 is 3.00 bits per heavy atom. The number of nitrogens with zero attached hydrogens (tertiary/aromatic N) is 3. The van der Waals surface area contributed by atoms with Gasteiger partial charge < -0.3 is 14.4 Å². The monoisotopic (exact) mass is 305 g/mol. The van der Waals surface area contributed by atoms with E-state index < -0.39 is 5.60 Å². The minimum atomic E-state index is -0.428. The summed E-state index contributed by atoms with van der Waals surface area (Å²) in [5, 5.41) is 0. The molecule has 1 spiro atoms. The predicted octanol–water partition coefficient (Wildman–Crippen LogP) is 0.450. The molecular formula is C16H23N3O3. The van der Waals surface area contributed by atoms with Crippen molar-refractivity contribution in [3.63, 3.8) is 0 Å². The van der Waals surface area contributed by atoms with Crippen molar-refractivity contribution in [1.29, 1.82) is 0 Å². The summed E-state index contributed by atoms with van der Waals surface area (Å²) < 4.78 is 11.6. The van der Waals surface area contributed by atoms with Crippen LogP contribution in [0.5, 0.6) is 0 Å². The van der Waals surface area contributed by atoms with E-state index in [1.54, 1.807) is 4.90 Å². The largest absolute Gasteiger partial charge is 0.377 e. The summed E-state index contributed by atoms with van der Waals surface area (Å²) in [6.45, 7) is 6.28. The van der Waals surface area contributed by atoms with Gasteiger partial charge in [-0.15, -0.1) is 0 Å². The van der Waals surface area contributed by atoms with Gasteiger partial charge in [0.25, 0.3) is 0 Å². The number of carbonyl (C=O) groups is 1. The molecule has 2 aliphatic heterocycles. The number of hydrogen-bond acceptors (Lipinski definition) is 5. The number of amides is 1. The number of rotatable bonds is 2. The summed E-state index contributed by atoms with van der Waals surface area (Å²) >= 11 is 0. The molecule has 0 radical (unpaired) electrons. The van der Waals surface area contributed by atoms with Crippen molar-refractivity contribution in [1.82, 2.24) is 14.8 Å². The summed E-state index contributed by atoms with van der Waals surface area (Å²) in [6, 6.07) is 6.08. The molecule has 3 rings (SSSR count). The second-order valence-corrected chi connectivity index (χ2v) is 6.26. The molecule has 6 nitrogen and oxygen atoms in total. The molecule has 6 heteroatoms. The third-order valence-electron chi connectivity index (χ3n) is 4.21. The highest BCUT2D eigenvalue weighted by Gasteiger charge is 2.41. The van der Waals surface area contributed by atoms with Crippen LogP contribution in [0.1, 0.15) is 11.4 Å². The predicted molar refractivity (Wildman–Crippen MR) is 81.4 cm³/mol. The van der Waals surface area contributed by atoms with E-state index in [0.29, 0.717) is 19.8 Å². The molecule has 0 N–H and O–H groups in total. The number of aryl methyl sites for hydroxylation is 1. The summed E-state index contributed by atoms with van der Waals surface area (Å²) in [5.74, 6) is 0.0294. The number of morpholine rings is 1. The second-order valence-electron chi connectivity index (χ2n) is 6.26. The normalized spacial score (nSPS) is 27.2. The Balaban J connectivity index is 1.71. The maximum atomic E-state index is 11.7. The van der Waals surface area contributed by atoms with Crippen molar-refractivity contribution in [2.45, 2.75) is 19.1 Å². The highest BCUT2D eigenvalue weighted by molar-refractivity contribution is 5.78. The molecule has 0 aromatic carbocycles. The number of pyridine rings is 1. The number of likely N-dealkylation sites (N-methyl/N-ethyl adjacent to an activating group) is 1. The van der Waals surface area contributed by atoms with E-state index in [0.717, 1.165) is 31.0 Å². The van der Waals surface area contributed by atoms with Gasteiger partial charge in [0.15, 0.2) is 0 Å². The maximum Gasteiger partial charge on any atom is 0.248 e. The zero-order valence-electron chi connectivity index (χ0n) is 13.2. The molecule has 1 amide bonds. The van der Waals surface area contributed by atoms with Gasteiger partial charge >= 0.3 is 0 Å². The van der Waals surface area contributed by atoms with Gasteiger partial charge in [-0.25, -0.2) is 0 Å². The molecule has 3 heterocycles. The molecule has 2 aliphatic rings. The number of ether oxygens (including phenoxy) is 2. The molecule has 1 aromatic heterocycles. The van der Waals surface area contributed by atoms with E-state index in [1.807, 2.05) is 32.2 Å². The lowest BCUT2D eigenvalue weighted by Gasteiger charge is -2.41. The van der Waals surface area contributed by atoms with E-state index >= 15 is 0 Å². The van der Waals surface area contributed by atoms with E-state index in [9.17, 15) is 4.79 Å². The first-order valence-electron chi connectivity index (χ1n) is 7.67. The first kappa shape index (κ1) is 15.4.